The quantitative estimate of drug-likeness (QED) is 0.186. The first kappa shape index (κ1) is 29.9. The molecule has 11 rings (SSSR count). The van der Waals surface area contributed by atoms with Crippen molar-refractivity contribution in [1.82, 2.24) is 14.5 Å². The van der Waals surface area contributed by atoms with E-state index in [1.54, 1.807) is 0 Å². The minimum atomic E-state index is -0.211. The minimum absolute atomic E-state index is 0.211. The first-order chi connectivity index (χ1) is 26.0. The van der Waals surface area contributed by atoms with E-state index in [2.05, 4.69) is 152 Å². The molecule has 0 unspecified atom stereocenters. The fraction of sp³-hybridized carbons (Fsp3) is 0.0612. The van der Waals surface area contributed by atoms with Crippen LogP contribution in [0.15, 0.2) is 168 Å². The van der Waals surface area contributed by atoms with E-state index >= 15 is 0 Å². The van der Waals surface area contributed by atoms with Gasteiger partial charge in [-0.25, -0.2) is 9.97 Å². The summed E-state index contributed by atoms with van der Waals surface area (Å²) in [6, 6.07) is 58.0. The second kappa shape index (κ2) is 11.1. The molecule has 0 atom stereocenters. The number of furan rings is 1. The SMILES string of the molecule is CC1(C)c2cc3oc4ccccc4c3cc2-c2c1ccc1c3ccccc3n(-c3cccc(-c4cc(-c5ccccc5)nc(-c5ccccc5)n4)c3)c21. The van der Waals surface area contributed by atoms with E-state index in [4.69, 9.17) is 14.4 Å². The van der Waals surface area contributed by atoms with Gasteiger partial charge in [0, 0.05) is 54.9 Å². The monoisotopic (exact) mass is 679 g/mol. The number of nitrogens with zero attached hydrogens (tertiary/aromatic N) is 3. The third-order valence-corrected chi connectivity index (χ3v) is 11.2. The highest BCUT2D eigenvalue weighted by atomic mass is 16.3. The molecule has 0 radical (unpaired) electrons. The van der Waals surface area contributed by atoms with Crippen molar-refractivity contribution in [2.24, 2.45) is 0 Å². The Kier molecular flexibility index (Phi) is 6.27. The lowest BCUT2D eigenvalue weighted by atomic mass is 9.82. The molecule has 10 aromatic rings. The second-order valence-corrected chi connectivity index (χ2v) is 14.6. The lowest BCUT2D eigenvalue weighted by Crippen LogP contribution is -2.14. The molecule has 0 amide bonds. The van der Waals surface area contributed by atoms with Crippen LogP contribution in [0.1, 0.15) is 25.0 Å². The summed E-state index contributed by atoms with van der Waals surface area (Å²) in [6.45, 7) is 4.69. The third-order valence-electron chi connectivity index (χ3n) is 11.2. The van der Waals surface area contributed by atoms with Crippen LogP contribution in [-0.4, -0.2) is 14.5 Å². The van der Waals surface area contributed by atoms with Gasteiger partial charge in [-0.3, -0.25) is 0 Å². The molecule has 4 nitrogen and oxygen atoms in total. The molecule has 250 valence electrons. The van der Waals surface area contributed by atoms with E-state index in [0.29, 0.717) is 5.82 Å². The molecular weight excluding hydrogens is 647 g/mol. The van der Waals surface area contributed by atoms with Crippen LogP contribution in [0.2, 0.25) is 0 Å². The topological polar surface area (TPSA) is 43.9 Å². The molecule has 0 bridgehead atoms. The van der Waals surface area contributed by atoms with Gasteiger partial charge in [-0.15, -0.1) is 0 Å². The van der Waals surface area contributed by atoms with E-state index < -0.39 is 0 Å². The van der Waals surface area contributed by atoms with Crippen LogP contribution in [0.4, 0.5) is 0 Å². The van der Waals surface area contributed by atoms with Gasteiger partial charge in [-0.1, -0.05) is 135 Å². The molecule has 1 aliphatic rings. The summed E-state index contributed by atoms with van der Waals surface area (Å²) >= 11 is 0. The van der Waals surface area contributed by atoms with Gasteiger partial charge in [0.2, 0.25) is 0 Å². The van der Waals surface area contributed by atoms with E-state index in [-0.39, 0.29) is 5.41 Å². The molecule has 1 aliphatic carbocycles. The van der Waals surface area contributed by atoms with Crippen molar-refractivity contribution in [3.63, 3.8) is 0 Å². The van der Waals surface area contributed by atoms with Crippen LogP contribution in [0.5, 0.6) is 0 Å². The summed E-state index contributed by atoms with van der Waals surface area (Å²) in [5.74, 6) is 0.707. The Balaban J connectivity index is 1.17. The van der Waals surface area contributed by atoms with Crippen LogP contribution < -0.4 is 0 Å². The summed E-state index contributed by atoms with van der Waals surface area (Å²) < 4.78 is 8.88. The van der Waals surface area contributed by atoms with Gasteiger partial charge in [0.1, 0.15) is 11.2 Å². The van der Waals surface area contributed by atoms with Crippen molar-refractivity contribution in [2.75, 3.05) is 0 Å². The van der Waals surface area contributed by atoms with Crippen molar-refractivity contribution < 1.29 is 4.42 Å². The molecule has 3 aromatic heterocycles. The molecule has 0 fully saturated rings. The fourth-order valence-electron chi connectivity index (χ4n) is 8.63. The number of fused-ring (bicyclic) bond motifs is 10. The summed E-state index contributed by atoms with van der Waals surface area (Å²) in [5.41, 5.74) is 15.2. The highest BCUT2D eigenvalue weighted by molar-refractivity contribution is 6.17. The third kappa shape index (κ3) is 4.42. The molecule has 0 saturated heterocycles. The normalized spacial score (nSPS) is 13.2. The summed E-state index contributed by atoms with van der Waals surface area (Å²) in [4.78, 5) is 10.2. The predicted octanol–water partition coefficient (Wildman–Crippen LogP) is 12.8. The van der Waals surface area contributed by atoms with E-state index in [0.717, 1.165) is 55.7 Å². The molecule has 4 heteroatoms. The van der Waals surface area contributed by atoms with Crippen LogP contribution in [-0.2, 0) is 5.41 Å². The fourth-order valence-corrected chi connectivity index (χ4v) is 8.63. The van der Waals surface area contributed by atoms with E-state index in [1.165, 1.54) is 44.1 Å². The Hall–Kier alpha value is -6.78. The molecule has 0 N–H and O–H groups in total. The Morgan fingerprint density at radius 3 is 1.98 bits per heavy atom. The molecule has 3 heterocycles. The maximum absolute atomic E-state index is 6.41. The van der Waals surface area contributed by atoms with Crippen molar-refractivity contribution in [3.05, 3.63) is 175 Å². The van der Waals surface area contributed by atoms with Gasteiger partial charge < -0.3 is 8.98 Å². The molecule has 0 spiro atoms. The van der Waals surface area contributed by atoms with Gasteiger partial charge in [-0.2, -0.15) is 0 Å². The number of para-hydroxylation sites is 2. The Morgan fingerprint density at radius 1 is 0.491 bits per heavy atom. The average molecular weight is 680 g/mol. The highest BCUT2D eigenvalue weighted by Crippen LogP contribution is 2.54. The zero-order valence-electron chi connectivity index (χ0n) is 29.3. The van der Waals surface area contributed by atoms with Crippen LogP contribution in [0.25, 0.3) is 94.5 Å². The maximum Gasteiger partial charge on any atom is 0.160 e. The van der Waals surface area contributed by atoms with Crippen LogP contribution in [0.3, 0.4) is 0 Å². The average Bonchev–Trinajstić information content (AvgIpc) is 3.83. The van der Waals surface area contributed by atoms with Crippen molar-refractivity contribution in [2.45, 2.75) is 19.3 Å². The Morgan fingerprint density at radius 2 is 1.17 bits per heavy atom. The Labute approximate surface area is 306 Å². The zero-order chi connectivity index (χ0) is 35.3. The first-order valence-corrected chi connectivity index (χ1v) is 18.2. The standard InChI is InChI=1S/C49H33N3O/c1-49(2)39-25-24-36-34-20-9-11-22-43(34)52(47(36)46(39)38-27-37-35-21-10-12-23-44(35)53-45(37)28-40(38)49)33-19-13-18-32(26-33)42-29-41(30-14-5-3-6-15-30)50-48(51-42)31-16-7-4-8-17-31/h3-29H,1-2H3. The molecule has 0 aliphatic heterocycles. The predicted molar refractivity (Wildman–Crippen MR) is 218 cm³/mol. The highest BCUT2D eigenvalue weighted by Gasteiger charge is 2.38. The van der Waals surface area contributed by atoms with Crippen molar-refractivity contribution in [1.29, 1.82) is 0 Å². The summed E-state index contributed by atoms with van der Waals surface area (Å²) in [7, 11) is 0. The maximum atomic E-state index is 6.41. The molecule has 0 saturated carbocycles. The summed E-state index contributed by atoms with van der Waals surface area (Å²) in [5, 5.41) is 4.77. The zero-order valence-corrected chi connectivity index (χ0v) is 29.3. The smallest absolute Gasteiger partial charge is 0.160 e. The number of rotatable bonds is 4. The molecule has 7 aromatic carbocycles. The minimum Gasteiger partial charge on any atom is -0.456 e. The summed E-state index contributed by atoms with van der Waals surface area (Å²) in [6.07, 6.45) is 0. The van der Waals surface area contributed by atoms with Crippen molar-refractivity contribution >= 4 is 43.7 Å². The largest absolute Gasteiger partial charge is 0.456 e. The number of benzene rings is 7. The van der Waals surface area contributed by atoms with Gasteiger partial charge in [0.15, 0.2) is 5.82 Å². The lowest BCUT2D eigenvalue weighted by molar-refractivity contribution is 0.647. The Bertz CT molecular complexity index is 3020. The van der Waals surface area contributed by atoms with E-state index in [9.17, 15) is 0 Å². The van der Waals surface area contributed by atoms with Gasteiger partial charge in [0.25, 0.3) is 0 Å². The van der Waals surface area contributed by atoms with E-state index in [1.807, 2.05) is 30.3 Å². The first-order valence-electron chi connectivity index (χ1n) is 18.2. The lowest BCUT2D eigenvalue weighted by Gasteiger charge is -2.21. The second-order valence-electron chi connectivity index (χ2n) is 14.6. The number of aromatic nitrogens is 3. The van der Waals surface area contributed by atoms with Gasteiger partial charge >= 0.3 is 0 Å². The van der Waals surface area contributed by atoms with Crippen LogP contribution in [0, 0.1) is 0 Å². The number of hydrogen-bond acceptors (Lipinski definition) is 3. The number of hydrogen-bond donors (Lipinski definition) is 0. The molecule has 53 heavy (non-hydrogen) atoms. The van der Waals surface area contributed by atoms with Gasteiger partial charge in [-0.05, 0) is 59.2 Å². The molecular formula is C49H33N3O. The van der Waals surface area contributed by atoms with Crippen LogP contribution >= 0.6 is 0 Å². The van der Waals surface area contributed by atoms with Gasteiger partial charge in [0.05, 0.1) is 22.4 Å². The van der Waals surface area contributed by atoms with Crippen molar-refractivity contribution in [3.8, 4) is 50.7 Å².